The molecule has 0 radical (unpaired) electrons. The first kappa shape index (κ1) is 10.0. The molecular formula is C8H17NS. The van der Waals surface area contributed by atoms with Gasteiger partial charge in [0, 0.05) is 18.3 Å². The highest BCUT2D eigenvalue weighted by molar-refractivity contribution is 7.98. The van der Waals surface area contributed by atoms with Gasteiger partial charge in [-0.25, -0.2) is 0 Å². The first-order valence-electron chi connectivity index (χ1n) is 3.55. The van der Waals surface area contributed by atoms with Crippen molar-refractivity contribution in [1.29, 1.82) is 0 Å². The molecule has 0 unspecified atom stereocenters. The minimum Gasteiger partial charge on any atom is -0.311 e. The van der Waals surface area contributed by atoms with Crippen molar-refractivity contribution in [3.05, 3.63) is 12.2 Å². The summed E-state index contributed by atoms with van der Waals surface area (Å²) in [7, 11) is 0. The van der Waals surface area contributed by atoms with E-state index in [1.54, 1.807) is 0 Å². The topological polar surface area (TPSA) is 12.0 Å². The lowest BCUT2D eigenvalue weighted by molar-refractivity contribution is 0.623. The van der Waals surface area contributed by atoms with Gasteiger partial charge in [-0.05, 0) is 6.26 Å². The van der Waals surface area contributed by atoms with Gasteiger partial charge in [-0.3, -0.25) is 0 Å². The number of hydrogen-bond acceptors (Lipinski definition) is 2. The van der Waals surface area contributed by atoms with E-state index in [-0.39, 0.29) is 0 Å². The highest BCUT2D eigenvalue weighted by atomic mass is 32.2. The molecule has 0 aliphatic carbocycles. The summed E-state index contributed by atoms with van der Waals surface area (Å²) < 4.78 is 0. The van der Waals surface area contributed by atoms with Gasteiger partial charge in [0.05, 0.1) is 0 Å². The van der Waals surface area contributed by atoms with Crippen molar-refractivity contribution in [2.75, 3.05) is 18.6 Å². The maximum absolute atomic E-state index is 3.93. The third kappa shape index (κ3) is 6.17. The molecule has 0 saturated heterocycles. The summed E-state index contributed by atoms with van der Waals surface area (Å²) in [6, 6.07) is 0.568. The normalized spacial score (nSPS) is 10.4. The van der Waals surface area contributed by atoms with Crippen LogP contribution < -0.4 is 5.32 Å². The van der Waals surface area contributed by atoms with Crippen molar-refractivity contribution in [2.24, 2.45) is 0 Å². The second-order valence-corrected chi connectivity index (χ2v) is 3.58. The van der Waals surface area contributed by atoms with E-state index in [9.17, 15) is 0 Å². The number of nitrogens with one attached hydrogen (secondary N) is 1. The lowest BCUT2D eigenvalue weighted by Crippen LogP contribution is -2.25. The lowest BCUT2D eigenvalue weighted by atomic mass is 10.3. The van der Waals surface area contributed by atoms with Gasteiger partial charge in [-0.15, -0.1) is 0 Å². The van der Waals surface area contributed by atoms with Crippen LogP contribution in [0.3, 0.4) is 0 Å². The average Bonchev–Trinajstić information content (AvgIpc) is 1.85. The molecule has 0 heterocycles. The fraction of sp³-hybridized carbons (Fsp3) is 0.750. The smallest absolute Gasteiger partial charge is 0.0172 e. The highest BCUT2D eigenvalue weighted by Crippen LogP contribution is 1.99. The number of thioether (sulfide) groups is 1. The van der Waals surface area contributed by atoms with Crippen LogP contribution in [0.1, 0.15) is 13.8 Å². The summed E-state index contributed by atoms with van der Waals surface area (Å²) in [6.45, 7) is 9.18. The van der Waals surface area contributed by atoms with E-state index in [2.05, 4.69) is 32.0 Å². The van der Waals surface area contributed by atoms with E-state index >= 15 is 0 Å². The second kappa shape index (κ2) is 5.81. The molecule has 0 atom stereocenters. The predicted molar refractivity (Wildman–Crippen MR) is 50.7 cm³/mol. The van der Waals surface area contributed by atoms with E-state index in [1.165, 1.54) is 5.57 Å². The van der Waals surface area contributed by atoms with Crippen molar-refractivity contribution >= 4 is 11.8 Å². The standard InChI is InChI=1S/C8H17NS/c1-7(2)9-5-8(3)6-10-4/h7,9H,3,5-6H2,1-2,4H3. The van der Waals surface area contributed by atoms with Gasteiger partial charge < -0.3 is 5.32 Å². The summed E-state index contributed by atoms with van der Waals surface area (Å²) >= 11 is 1.82. The second-order valence-electron chi connectivity index (χ2n) is 2.72. The van der Waals surface area contributed by atoms with Gasteiger partial charge in [0.25, 0.3) is 0 Å². The van der Waals surface area contributed by atoms with Gasteiger partial charge >= 0.3 is 0 Å². The maximum atomic E-state index is 3.93. The molecule has 0 aliphatic heterocycles. The Kier molecular flexibility index (Phi) is 5.84. The monoisotopic (exact) mass is 159 g/mol. The largest absolute Gasteiger partial charge is 0.311 e. The third-order valence-electron chi connectivity index (χ3n) is 1.11. The molecule has 0 aromatic rings. The summed E-state index contributed by atoms with van der Waals surface area (Å²) in [6.07, 6.45) is 2.10. The molecule has 0 rings (SSSR count). The first-order valence-corrected chi connectivity index (χ1v) is 4.95. The van der Waals surface area contributed by atoms with Gasteiger partial charge in [0.15, 0.2) is 0 Å². The Morgan fingerprint density at radius 3 is 2.60 bits per heavy atom. The van der Waals surface area contributed by atoms with Crippen molar-refractivity contribution in [2.45, 2.75) is 19.9 Å². The van der Waals surface area contributed by atoms with Crippen LogP contribution in [0.15, 0.2) is 12.2 Å². The summed E-state index contributed by atoms with van der Waals surface area (Å²) in [5.41, 5.74) is 1.28. The fourth-order valence-corrected chi connectivity index (χ4v) is 1.11. The van der Waals surface area contributed by atoms with E-state index in [1.807, 2.05) is 11.8 Å². The summed E-state index contributed by atoms with van der Waals surface area (Å²) in [5.74, 6) is 1.07. The van der Waals surface area contributed by atoms with E-state index < -0.39 is 0 Å². The molecule has 0 aliphatic rings. The molecular weight excluding hydrogens is 142 g/mol. The average molecular weight is 159 g/mol. The van der Waals surface area contributed by atoms with E-state index in [4.69, 9.17) is 0 Å². The van der Waals surface area contributed by atoms with Crippen LogP contribution in [0.5, 0.6) is 0 Å². The van der Waals surface area contributed by atoms with Crippen molar-refractivity contribution < 1.29 is 0 Å². The molecule has 60 valence electrons. The molecule has 0 fully saturated rings. The van der Waals surface area contributed by atoms with Crippen molar-refractivity contribution in [3.8, 4) is 0 Å². The molecule has 0 aromatic heterocycles. The lowest BCUT2D eigenvalue weighted by Gasteiger charge is -2.08. The Labute approximate surface area is 68.3 Å². The Morgan fingerprint density at radius 2 is 2.20 bits per heavy atom. The van der Waals surface area contributed by atoms with Crippen molar-refractivity contribution in [1.82, 2.24) is 5.32 Å². The zero-order valence-corrected chi connectivity index (χ0v) is 7.92. The zero-order chi connectivity index (χ0) is 7.98. The third-order valence-corrected chi connectivity index (χ3v) is 1.81. The van der Waals surface area contributed by atoms with Crippen LogP contribution in [0.4, 0.5) is 0 Å². The van der Waals surface area contributed by atoms with Gasteiger partial charge in [-0.1, -0.05) is 26.0 Å². The fourth-order valence-electron chi connectivity index (χ4n) is 0.604. The van der Waals surface area contributed by atoms with Crippen LogP contribution in [0, 0.1) is 0 Å². The summed E-state index contributed by atoms with van der Waals surface area (Å²) in [5, 5.41) is 3.32. The molecule has 2 heteroatoms. The minimum atomic E-state index is 0.568. The molecule has 0 amide bonds. The SMILES string of the molecule is C=C(CNC(C)C)CSC. The Morgan fingerprint density at radius 1 is 1.60 bits per heavy atom. The highest BCUT2D eigenvalue weighted by Gasteiger charge is 1.94. The van der Waals surface area contributed by atoms with Crippen LogP contribution in [0.25, 0.3) is 0 Å². The Hall–Kier alpha value is 0.0500. The Bertz CT molecular complexity index is 99.4. The van der Waals surface area contributed by atoms with Crippen molar-refractivity contribution in [3.63, 3.8) is 0 Å². The number of rotatable bonds is 5. The molecule has 10 heavy (non-hydrogen) atoms. The van der Waals surface area contributed by atoms with Crippen LogP contribution in [0.2, 0.25) is 0 Å². The molecule has 0 saturated carbocycles. The molecule has 1 N–H and O–H groups in total. The molecule has 0 aromatic carbocycles. The van der Waals surface area contributed by atoms with E-state index in [0.717, 1.165) is 12.3 Å². The zero-order valence-electron chi connectivity index (χ0n) is 7.11. The minimum absolute atomic E-state index is 0.568. The maximum Gasteiger partial charge on any atom is 0.0172 e. The number of hydrogen-bond donors (Lipinski definition) is 1. The van der Waals surface area contributed by atoms with Gasteiger partial charge in [0.2, 0.25) is 0 Å². The predicted octanol–water partition coefficient (Wildman–Crippen LogP) is 1.90. The van der Waals surface area contributed by atoms with Gasteiger partial charge in [-0.2, -0.15) is 11.8 Å². The molecule has 0 spiro atoms. The summed E-state index contributed by atoms with van der Waals surface area (Å²) in [4.78, 5) is 0. The Balaban J connectivity index is 3.22. The first-order chi connectivity index (χ1) is 4.66. The van der Waals surface area contributed by atoms with Crippen LogP contribution in [-0.2, 0) is 0 Å². The van der Waals surface area contributed by atoms with E-state index in [0.29, 0.717) is 6.04 Å². The van der Waals surface area contributed by atoms with Crippen LogP contribution in [-0.4, -0.2) is 24.6 Å². The van der Waals surface area contributed by atoms with Gasteiger partial charge in [0.1, 0.15) is 0 Å². The quantitative estimate of drug-likeness (QED) is 0.615. The molecule has 1 nitrogen and oxygen atoms in total. The van der Waals surface area contributed by atoms with Crippen LogP contribution >= 0.6 is 11.8 Å². The molecule has 0 bridgehead atoms.